The highest BCUT2D eigenvalue weighted by Crippen LogP contribution is 2.62. The molecule has 1 aliphatic carbocycles. The van der Waals surface area contributed by atoms with Crippen molar-refractivity contribution in [3.05, 3.63) is 41.4 Å². The second kappa shape index (κ2) is 15.3. The second-order valence-corrected chi connectivity index (χ2v) is 15.7. The van der Waals surface area contributed by atoms with Gasteiger partial charge in [0, 0.05) is 12.5 Å². The third kappa shape index (κ3) is 8.79. The molecule has 0 radical (unpaired) electrons. The number of rotatable bonds is 17. The highest BCUT2D eigenvalue weighted by atomic mass is 35.5. The first-order chi connectivity index (χ1) is 23.1. The molecular weight excluding hydrogens is 704 g/mol. The molecule has 3 heterocycles. The zero-order chi connectivity index (χ0) is 35.7. The van der Waals surface area contributed by atoms with Gasteiger partial charge in [-0.2, -0.15) is 19.4 Å². The number of likely N-dealkylation sites (N-methyl/N-ethyl adjacent to an activating group) is 1. The van der Waals surface area contributed by atoms with Crippen molar-refractivity contribution in [2.45, 2.75) is 77.5 Å². The van der Waals surface area contributed by atoms with Gasteiger partial charge in [-0.25, -0.2) is 14.1 Å². The van der Waals surface area contributed by atoms with E-state index in [4.69, 9.17) is 40.2 Å². The Balaban J connectivity index is 1.27. The Morgan fingerprint density at radius 3 is 2.57 bits per heavy atom. The molecule has 1 aliphatic heterocycles. The molecule has 1 aromatic carbocycles. The number of para-hydroxylation sites is 1. The number of esters is 1. The van der Waals surface area contributed by atoms with E-state index in [-0.39, 0.29) is 22.9 Å². The molecule has 0 bridgehead atoms. The molecule has 0 amide bonds. The van der Waals surface area contributed by atoms with Crippen molar-refractivity contribution in [3.8, 4) is 5.75 Å². The molecule has 5 rings (SSSR count). The molecule has 5 N–H and O–H groups in total. The number of benzene rings is 1. The molecule has 2 aromatic heterocycles. The Labute approximate surface area is 288 Å². The topological polar surface area (TPSA) is 223 Å². The van der Waals surface area contributed by atoms with Gasteiger partial charge < -0.3 is 39.2 Å². The molecule has 0 spiro atoms. The predicted octanol–water partition coefficient (Wildman–Crippen LogP) is 3.50. The molecular formula is C29H42ClN7O10P2. The van der Waals surface area contributed by atoms with E-state index in [2.05, 4.69) is 24.9 Å². The van der Waals surface area contributed by atoms with Crippen LogP contribution in [0.25, 0.3) is 11.2 Å². The molecule has 270 valence electrons. The number of aliphatic hydroxyl groups excluding tert-OH is 1. The number of phosphoric ester groups is 1. The number of aliphatic hydroxyl groups is 1. The van der Waals surface area contributed by atoms with Crippen molar-refractivity contribution in [3.63, 3.8) is 0 Å². The van der Waals surface area contributed by atoms with Crippen LogP contribution in [-0.2, 0) is 38.7 Å². The number of aromatic nitrogens is 4. The van der Waals surface area contributed by atoms with Crippen LogP contribution in [0.4, 0.5) is 5.82 Å². The molecule has 2 aliphatic rings. The normalized spacial score (nSPS) is 24.8. The number of nitrogens with one attached hydrogen (secondary N) is 1. The zero-order valence-corrected chi connectivity index (χ0v) is 30.3. The van der Waals surface area contributed by atoms with Crippen LogP contribution in [0.3, 0.4) is 0 Å². The predicted molar refractivity (Wildman–Crippen MR) is 179 cm³/mol. The first-order valence-electron chi connectivity index (χ1n) is 15.9. The molecule has 3 aromatic rings. The summed E-state index contributed by atoms with van der Waals surface area (Å²) in [5.74, 6) is -0.979. The molecule has 1 saturated carbocycles. The lowest BCUT2D eigenvalue weighted by Gasteiger charge is -2.26. The van der Waals surface area contributed by atoms with E-state index in [9.17, 15) is 23.9 Å². The number of nitrogens with two attached hydrogens (primary N) is 1. The number of imidazole rings is 1. The van der Waals surface area contributed by atoms with Crippen LogP contribution in [0.5, 0.6) is 5.75 Å². The molecule has 2 fully saturated rings. The van der Waals surface area contributed by atoms with Crippen molar-refractivity contribution in [1.82, 2.24) is 29.5 Å². The maximum absolute atomic E-state index is 14.1. The van der Waals surface area contributed by atoms with Crippen LogP contribution in [0, 0.1) is 5.92 Å². The third-order valence-corrected chi connectivity index (χ3v) is 11.7. The summed E-state index contributed by atoms with van der Waals surface area (Å²) in [5, 5.41) is 13.3. The highest BCUT2D eigenvalue weighted by Gasteiger charge is 2.65. The molecule has 4 unspecified atom stereocenters. The van der Waals surface area contributed by atoms with Gasteiger partial charge in [-0.3, -0.25) is 9.32 Å². The van der Waals surface area contributed by atoms with Crippen molar-refractivity contribution in [2.75, 3.05) is 32.0 Å². The van der Waals surface area contributed by atoms with Gasteiger partial charge in [-0.05, 0) is 63.5 Å². The van der Waals surface area contributed by atoms with E-state index in [0.29, 0.717) is 29.7 Å². The van der Waals surface area contributed by atoms with Crippen LogP contribution < -0.4 is 15.3 Å². The standard InChI is InChI=1S/C29H42ClN7O10P2/c1-6-36(7-2)13-12-18-10-8-9-11-19(18)46-48(40,35-17(5)28(39)44-16(3)4)47-49(41,42)43-14-20-24(38)21-23(25(21)45-20)37-15-32-22-26(31)33-29(30)34-27(22)37/h8-11,15-17,20-21,23-25,38H,6-7,12-14H2,1-5H3,(H,35,40)(H,41,42)(H2,31,33,34)/t17-,20+,21?,23-,24-,25?,48?/m0/s1. The fourth-order valence-corrected chi connectivity index (χ4v) is 8.94. The second-order valence-electron chi connectivity index (χ2n) is 12.1. The van der Waals surface area contributed by atoms with E-state index in [1.54, 1.807) is 42.7 Å². The lowest BCUT2D eigenvalue weighted by atomic mass is 10.1. The minimum atomic E-state index is -5.17. The van der Waals surface area contributed by atoms with E-state index < -0.39 is 64.5 Å². The van der Waals surface area contributed by atoms with Crippen LogP contribution in [0.2, 0.25) is 5.28 Å². The van der Waals surface area contributed by atoms with Gasteiger partial charge in [-0.1, -0.05) is 32.0 Å². The van der Waals surface area contributed by atoms with Gasteiger partial charge in [-0.15, -0.1) is 0 Å². The molecule has 49 heavy (non-hydrogen) atoms. The number of hydrogen-bond donors (Lipinski definition) is 4. The Hall–Kier alpha value is -2.69. The van der Waals surface area contributed by atoms with Gasteiger partial charge in [0.1, 0.15) is 23.4 Å². The van der Waals surface area contributed by atoms with Crippen molar-refractivity contribution in [1.29, 1.82) is 0 Å². The number of phosphoric acid groups is 1. The molecule has 17 nitrogen and oxygen atoms in total. The van der Waals surface area contributed by atoms with Crippen LogP contribution in [0.15, 0.2) is 30.6 Å². The van der Waals surface area contributed by atoms with E-state index in [1.165, 1.54) is 13.3 Å². The van der Waals surface area contributed by atoms with Crippen LogP contribution in [-0.4, -0.2) is 97.1 Å². The molecule has 1 saturated heterocycles. The Bertz CT molecular complexity index is 1740. The first kappa shape index (κ1) is 37.6. The van der Waals surface area contributed by atoms with Gasteiger partial charge in [0.15, 0.2) is 11.5 Å². The lowest BCUT2D eigenvalue weighted by molar-refractivity contribution is -0.149. The average molecular weight is 746 g/mol. The van der Waals surface area contributed by atoms with Crippen molar-refractivity contribution < 1.29 is 46.8 Å². The molecule has 8 atom stereocenters. The Morgan fingerprint density at radius 1 is 1.20 bits per heavy atom. The number of nitrogens with zero attached hydrogens (tertiary/aromatic N) is 5. The number of halogens is 1. The number of hydrogen-bond acceptors (Lipinski definition) is 14. The maximum atomic E-state index is 14.1. The van der Waals surface area contributed by atoms with Gasteiger partial charge in [0.05, 0.1) is 37.3 Å². The van der Waals surface area contributed by atoms with Crippen LogP contribution in [0.1, 0.15) is 46.2 Å². The number of ether oxygens (including phenoxy) is 2. The summed E-state index contributed by atoms with van der Waals surface area (Å²) in [6.45, 7) is 10.4. The summed E-state index contributed by atoms with van der Waals surface area (Å²) in [5.41, 5.74) is 7.27. The largest absolute Gasteiger partial charge is 0.481 e. The Kier molecular flexibility index (Phi) is 11.7. The van der Waals surface area contributed by atoms with E-state index in [1.807, 2.05) is 13.8 Å². The summed E-state index contributed by atoms with van der Waals surface area (Å²) >= 11 is 5.97. The minimum Gasteiger partial charge on any atom is -0.462 e. The summed E-state index contributed by atoms with van der Waals surface area (Å²) in [4.78, 5) is 37.8. The van der Waals surface area contributed by atoms with Crippen molar-refractivity contribution in [2.24, 2.45) is 5.92 Å². The van der Waals surface area contributed by atoms with Crippen LogP contribution >= 0.6 is 27.2 Å². The zero-order valence-electron chi connectivity index (χ0n) is 27.7. The summed E-state index contributed by atoms with van der Waals surface area (Å²) in [6.07, 6.45) is -1.11. The summed E-state index contributed by atoms with van der Waals surface area (Å²) in [7, 11) is -9.98. The van der Waals surface area contributed by atoms with Gasteiger partial charge >= 0.3 is 21.5 Å². The summed E-state index contributed by atoms with van der Waals surface area (Å²) < 4.78 is 56.3. The smallest absolute Gasteiger partial charge is 0.462 e. The quantitative estimate of drug-likeness (QED) is 0.0882. The number of carbonyl (C=O) groups excluding carboxylic acids is 1. The average Bonchev–Trinajstić information content (AvgIpc) is 3.38. The SMILES string of the molecule is CCN(CC)CCc1ccccc1OP(=O)(N[C@@H](C)C(=O)OC(C)C)OP(=O)(O)OC[C@H]1OC2C([C@@H]2n2cnc3c(N)nc(Cl)nc32)[C@H]1O. The number of fused-ring (bicyclic) bond motifs is 2. The third-order valence-electron chi connectivity index (χ3n) is 8.27. The number of carbonyl (C=O) groups is 1. The number of anilines is 1. The lowest BCUT2D eigenvalue weighted by Crippen LogP contribution is -2.36. The highest BCUT2D eigenvalue weighted by molar-refractivity contribution is 7.63. The fourth-order valence-electron chi connectivity index (χ4n) is 5.76. The van der Waals surface area contributed by atoms with Gasteiger partial charge in [0.25, 0.3) is 0 Å². The van der Waals surface area contributed by atoms with E-state index in [0.717, 1.165) is 13.1 Å². The molecule has 20 heteroatoms. The fraction of sp³-hybridized carbons (Fsp3) is 0.586. The first-order valence-corrected chi connectivity index (χ1v) is 19.3. The Morgan fingerprint density at radius 2 is 1.92 bits per heavy atom. The number of nitrogen functional groups attached to an aromatic ring is 1. The minimum absolute atomic E-state index is 0.0610. The van der Waals surface area contributed by atoms with E-state index >= 15 is 0 Å². The van der Waals surface area contributed by atoms with Gasteiger partial charge in [0.2, 0.25) is 5.28 Å². The van der Waals surface area contributed by atoms with Crippen molar-refractivity contribution >= 4 is 50.1 Å². The monoisotopic (exact) mass is 745 g/mol. The summed E-state index contributed by atoms with van der Waals surface area (Å²) in [6, 6.07) is 5.11. The maximum Gasteiger partial charge on any atom is 0.481 e.